The van der Waals surface area contributed by atoms with E-state index in [1.165, 1.54) is 43.4 Å². The second-order valence-corrected chi connectivity index (χ2v) is 6.11. The summed E-state index contributed by atoms with van der Waals surface area (Å²) in [5.41, 5.74) is 3.17. The molecule has 1 saturated heterocycles. The predicted molar refractivity (Wildman–Crippen MR) is 88.6 cm³/mol. The first kappa shape index (κ1) is 15.4. The Bertz CT molecular complexity index is 392. The van der Waals surface area contributed by atoms with Gasteiger partial charge in [0.15, 0.2) is 0 Å². The molecule has 1 aliphatic rings. The van der Waals surface area contributed by atoms with Gasteiger partial charge in [-0.15, -0.1) is 0 Å². The number of nitrogens with one attached hydrogen (secondary N) is 1. The van der Waals surface area contributed by atoms with Crippen LogP contribution in [0.4, 0.5) is 5.69 Å². The predicted octanol–water partition coefficient (Wildman–Crippen LogP) is 4.00. The summed E-state index contributed by atoms with van der Waals surface area (Å²) in [6.07, 6.45) is 6.19. The van der Waals surface area contributed by atoms with Crippen molar-refractivity contribution in [2.45, 2.75) is 58.4 Å². The van der Waals surface area contributed by atoms with Crippen molar-refractivity contribution in [3.63, 3.8) is 0 Å². The minimum absolute atomic E-state index is 0.305. The van der Waals surface area contributed by atoms with E-state index in [-0.39, 0.29) is 0 Å². The van der Waals surface area contributed by atoms with E-state index in [0.29, 0.717) is 5.54 Å². The van der Waals surface area contributed by atoms with E-state index in [0.717, 1.165) is 19.6 Å². The number of hydrogen-bond donors (Lipinski definition) is 1. The van der Waals surface area contributed by atoms with Crippen LogP contribution in [0.5, 0.6) is 0 Å². The molecule has 0 saturated carbocycles. The lowest BCUT2D eigenvalue weighted by Crippen LogP contribution is -2.60. The van der Waals surface area contributed by atoms with Crippen LogP contribution >= 0.6 is 0 Å². The van der Waals surface area contributed by atoms with E-state index < -0.39 is 0 Å². The van der Waals surface area contributed by atoms with Crippen molar-refractivity contribution in [2.24, 2.45) is 0 Å². The summed E-state index contributed by atoms with van der Waals surface area (Å²) >= 11 is 0. The molecule has 0 bridgehead atoms. The fourth-order valence-electron chi connectivity index (χ4n) is 3.15. The van der Waals surface area contributed by atoms with Crippen molar-refractivity contribution in [3.05, 3.63) is 29.8 Å². The van der Waals surface area contributed by atoms with Gasteiger partial charge in [-0.1, -0.05) is 39.3 Å². The lowest BCUT2D eigenvalue weighted by molar-refractivity contribution is 0.277. The summed E-state index contributed by atoms with van der Waals surface area (Å²) in [5.74, 6) is 0. The maximum absolute atomic E-state index is 3.73. The number of hydrogen-bond acceptors (Lipinski definition) is 2. The fraction of sp³-hybridized carbons (Fsp3) is 0.667. The lowest BCUT2D eigenvalue weighted by Gasteiger charge is -2.44. The molecule has 1 fully saturated rings. The van der Waals surface area contributed by atoms with Gasteiger partial charge in [0, 0.05) is 30.9 Å². The zero-order valence-corrected chi connectivity index (χ0v) is 13.4. The Morgan fingerprint density at radius 3 is 2.40 bits per heavy atom. The third kappa shape index (κ3) is 3.54. The Balaban J connectivity index is 2.03. The van der Waals surface area contributed by atoms with Crippen LogP contribution in [0.15, 0.2) is 24.3 Å². The first-order chi connectivity index (χ1) is 9.73. The van der Waals surface area contributed by atoms with Gasteiger partial charge in [0.2, 0.25) is 0 Å². The van der Waals surface area contributed by atoms with E-state index in [1.807, 2.05) is 0 Å². The van der Waals surface area contributed by atoms with Crippen molar-refractivity contribution < 1.29 is 0 Å². The van der Waals surface area contributed by atoms with E-state index in [2.05, 4.69) is 55.3 Å². The zero-order valence-electron chi connectivity index (χ0n) is 13.4. The maximum Gasteiger partial charge on any atom is 0.0367 e. The Kier molecular flexibility index (Phi) is 5.47. The average molecular weight is 274 g/mol. The van der Waals surface area contributed by atoms with E-state index in [1.54, 1.807) is 0 Å². The van der Waals surface area contributed by atoms with Gasteiger partial charge in [-0.05, 0) is 43.4 Å². The summed E-state index contributed by atoms with van der Waals surface area (Å²) in [6, 6.07) is 9.25. The van der Waals surface area contributed by atoms with Crippen LogP contribution in [0.2, 0.25) is 0 Å². The van der Waals surface area contributed by atoms with Crippen LogP contribution in [-0.4, -0.2) is 25.2 Å². The molecule has 2 heteroatoms. The Morgan fingerprint density at radius 2 is 1.80 bits per heavy atom. The second-order valence-electron chi connectivity index (χ2n) is 6.11. The number of benzene rings is 1. The van der Waals surface area contributed by atoms with Crippen molar-refractivity contribution in [2.75, 3.05) is 24.5 Å². The standard InChI is InChI=1S/C18H30N2/c1-4-7-8-16-9-11-17(12-10-16)20-14-13-19-18(5-2,6-3)15-20/h9-12,19H,4-8,13-15H2,1-3H3. The van der Waals surface area contributed by atoms with Crippen LogP contribution in [0.25, 0.3) is 0 Å². The molecule has 0 amide bonds. The third-order valence-electron chi connectivity index (χ3n) is 4.85. The maximum atomic E-state index is 3.73. The number of anilines is 1. The number of rotatable bonds is 6. The lowest BCUT2D eigenvalue weighted by atomic mass is 9.90. The van der Waals surface area contributed by atoms with Gasteiger partial charge >= 0.3 is 0 Å². The topological polar surface area (TPSA) is 15.3 Å². The molecular formula is C18H30N2. The van der Waals surface area contributed by atoms with E-state index in [4.69, 9.17) is 0 Å². The molecule has 0 aromatic heterocycles. The van der Waals surface area contributed by atoms with Crippen molar-refractivity contribution >= 4 is 5.69 Å². The van der Waals surface area contributed by atoms with E-state index in [9.17, 15) is 0 Å². The van der Waals surface area contributed by atoms with Crippen molar-refractivity contribution in [3.8, 4) is 0 Å². The van der Waals surface area contributed by atoms with Gasteiger partial charge in [0.25, 0.3) is 0 Å². The molecule has 0 radical (unpaired) electrons. The van der Waals surface area contributed by atoms with Crippen molar-refractivity contribution in [1.29, 1.82) is 0 Å². The van der Waals surface area contributed by atoms with E-state index >= 15 is 0 Å². The van der Waals surface area contributed by atoms with Crippen LogP contribution in [-0.2, 0) is 6.42 Å². The Labute approximate surface area is 124 Å². The molecule has 1 aromatic carbocycles. The number of piperazine rings is 1. The molecule has 0 atom stereocenters. The summed E-state index contributed by atoms with van der Waals surface area (Å²) in [6.45, 7) is 10.2. The largest absolute Gasteiger partial charge is 0.368 e. The quantitative estimate of drug-likeness (QED) is 0.843. The van der Waals surface area contributed by atoms with Gasteiger partial charge in [0.05, 0.1) is 0 Å². The van der Waals surface area contributed by atoms with Crippen LogP contribution in [0, 0.1) is 0 Å². The molecule has 2 rings (SSSR count). The molecular weight excluding hydrogens is 244 g/mol. The fourth-order valence-corrected chi connectivity index (χ4v) is 3.15. The summed E-state index contributed by atoms with van der Waals surface area (Å²) < 4.78 is 0. The van der Waals surface area contributed by atoms with Crippen molar-refractivity contribution in [1.82, 2.24) is 5.32 Å². The van der Waals surface area contributed by atoms with Gasteiger partial charge in [-0.2, -0.15) is 0 Å². The number of nitrogens with zero attached hydrogens (tertiary/aromatic N) is 1. The highest BCUT2D eigenvalue weighted by molar-refractivity contribution is 5.48. The molecule has 1 N–H and O–H groups in total. The molecule has 1 heterocycles. The van der Waals surface area contributed by atoms with Gasteiger partial charge in [0.1, 0.15) is 0 Å². The molecule has 2 nitrogen and oxygen atoms in total. The molecule has 1 aromatic rings. The minimum atomic E-state index is 0.305. The summed E-state index contributed by atoms with van der Waals surface area (Å²) in [7, 11) is 0. The van der Waals surface area contributed by atoms with Gasteiger partial charge in [-0.25, -0.2) is 0 Å². The Hall–Kier alpha value is -1.02. The highest BCUT2D eigenvalue weighted by Crippen LogP contribution is 2.25. The minimum Gasteiger partial charge on any atom is -0.368 e. The molecule has 20 heavy (non-hydrogen) atoms. The molecule has 112 valence electrons. The normalized spacial score (nSPS) is 18.2. The van der Waals surface area contributed by atoms with Crippen LogP contribution in [0.3, 0.4) is 0 Å². The van der Waals surface area contributed by atoms with Crippen LogP contribution < -0.4 is 10.2 Å². The van der Waals surface area contributed by atoms with Gasteiger partial charge in [-0.3, -0.25) is 0 Å². The zero-order chi connectivity index (χ0) is 14.4. The van der Waals surface area contributed by atoms with Gasteiger partial charge < -0.3 is 10.2 Å². The summed E-state index contributed by atoms with van der Waals surface area (Å²) in [4.78, 5) is 2.55. The number of unbranched alkanes of at least 4 members (excludes halogenated alkanes) is 1. The first-order valence-electron chi connectivity index (χ1n) is 8.32. The number of aryl methyl sites for hydroxylation is 1. The molecule has 0 unspecified atom stereocenters. The highest BCUT2D eigenvalue weighted by Gasteiger charge is 2.31. The summed E-state index contributed by atoms with van der Waals surface area (Å²) in [5, 5.41) is 3.73. The van der Waals surface area contributed by atoms with Crippen LogP contribution in [0.1, 0.15) is 52.0 Å². The average Bonchev–Trinajstić information content (AvgIpc) is 2.53. The Morgan fingerprint density at radius 1 is 1.10 bits per heavy atom. The molecule has 0 spiro atoms. The monoisotopic (exact) mass is 274 g/mol. The highest BCUT2D eigenvalue weighted by atomic mass is 15.2. The molecule has 0 aliphatic carbocycles. The second kappa shape index (κ2) is 7.12. The SMILES string of the molecule is CCCCc1ccc(N2CCNC(CC)(CC)C2)cc1. The smallest absolute Gasteiger partial charge is 0.0367 e. The molecule has 1 aliphatic heterocycles. The third-order valence-corrected chi connectivity index (χ3v) is 4.85. The first-order valence-corrected chi connectivity index (χ1v) is 8.32.